The van der Waals surface area contributed by atoms with Crippen LogP contribution in [-0.2, 0) is 0 Å². The number of fused-ring (bicyclic) bond motifs is 1. The van der Waals surface area contributed by atoms with Crippen molar-refractivity contribution in [3.63, 3.8) is 0 Å². The Morgan fingerprint density at radius 1 is 1.44 bits per heavy atom. The summed E-state index contributed by atoms with van der Waals surface area (Å²) in [6.45, 7) is 2.81. The summed E-state index contributed by atoms with van der Waals surface area (Å²) in [7, 11) is 0. The molecule has 4 heteroatoms. The monoisotopic (exact) mass is 307 g/mol. The van der Waals surface area contributed by atoms with Gasteiger partial charge in [-0.2, -0.15) is 0 Å². The van der Waals surface area contributed by atoms with Crippen molar-refractivity contribution < 1.29 is 0 Å². The summed E-state index contributed by atoms with van der Waals surface area (Å²) in [5.41, 5.74) is 7.84. The zero-order valence-electron chi connectivity index (χ0n) is 10.5. The first kappa shape index (κ1) is 13.3. The highest BCUT2D eigenvalue weighted by molar-refractivity contribution is 9.10. The van der Waals surface area contributed by atoms with E-state index in [0.717, 1.165) is 33.9 Å². The number of pyridine rings is 1. The lowest BCUT2D eigenvalue weighted by Crippen LogP contribution is -2.28. The standard InChI is InChI=1S/C14H18BrN3/c1-2-4-12(8-16)18-13-6-3-5-10-7-11(15)9-17-14(10)13/h3,5-7,9,12,18H,2,4,8,16H2,1H3. The van der Waals surface area contributed by atoms with Crippen LogP contribution >= 0.6 is 15.9 Å². The Hall–Kier alpha value is -1.13. The largest absolute Gasteiger partial charge is 0.379 e. The second-order valence-electron chi connectivity index (χ2n) is 4.40. The highest BCUT2D eigenvalue weighted by atomic mass is 79.9. The normalized spacial score (nSPS) is 12.6. The predicted molar refractivity (Wildman–Crippen MR) is 80.8 cm³/mol. The Morgan fingerprint density at radius 3 is 3.00 bits per heavy atom. The Labute approximate surface area is 116 Å². The molecule has 0 aliphatic heterocycles. The van der Waals surface area contributed by atoms with Crippen molar-refractivity contribution in [2.24, 2.45) is 5.73 Å². The van der Waals surface area contributed by atoms with Gasteiger partial charge in [-0.1, -0.05) is 25.5 Å². The van der Waals surface area contributed by atoms with Gasteiger partial charge in [-0.15, -0.1) is 0 Å². The predicted octanol–water partition coefficient (Wildman–Crippen LogP) is 3.54. The fraction of sp³-hybridized carbons (Fsp3) is 0.357. The van der Waals surface area contributed by atoms with Crippen LogP contribution < -0.4 is 11.1 Å². The van der Waals surface area contributed by atoms with Crippen molar-refractivity contribution >= 4 is 32.5 Å². The molecule has 1 aromatic carbocycles. The van der Waals surface area contributed by atoms with E-state index >= 15 is 0 Å². The number of aromatic nitrogens is 1. The number of nitrogens with one attached hydrogen (secondary N) is 1. The van der Waals surface area contributed by atoms with Crippen LogP contribution in [0.2, 0.25) is 0 Å². The van der Waals surface area contributed by atoms with Crippen LogP contribution in [0.4, 0.5) is 5.69 Å². The van der Waals surface area contributed by atoms with E-state index < -0.39 is 0 Å². The number of nitrogens with two attached hydrogens (primary N) is 1. The van der Waals surface area contributed by atoms with Gasteiger partial charge in [-0.05, 0) is 34.5 Å². The summed E-state index contributed by atoms with van der Waals surface area (Å²) < 4.78 is 0.996. The molecular weight excluding hydrogens is 290 g/mol. The molecule has 1 unspecified atom stereocenters. The number of benzene rings is 1. The van der Waals surface area contributed by atoms with E-state index in [1.54, 1.807) is 0 Å². The average molecular weight is 308 g/mol. The molecule has 0 saturated carbocycles. The fourth-order valence-electron chi connectivity index (χ4n) is 2.07. The molecule has 1 aromatic heterocycles. The molecule has 0 radical (unpaired) electrons. The van der Waals surface area contributed by atoms with Gasteiger partial charge in [-0.25, -0.2) is 0 Å². The third-order valence-electron chi connectivity index (χ3n) is 2.96. The highest BCUT2D eigenvalue weighted by Gasteiger charge is 2.08. The first-order valence-electron chi connectivity index (χ1n) is 6.25. The molecule has 0 fully saturated rings. The van der Waals surface area contributed by atoms with Crippen LogP contribution in [0.5, 0.6) is 0 Å². The van der Waals surface area contributed by atoms with E-state index in [1.807, 2.05) is 12.3 Å². The molecule has 0 aliphatic carbocycles. The number of hydrogen-bond acceptors (Lipinski definition) is 3. The van der Waals surface area contributed by atoms with E-state index in [-0.39, 0.29) is 0 Å². The first-order valence-corrected chi connectivity index (χ1v) is 7.04. The Kier molecular flexibility index (Phi) is 4.55. The molecule has 3 N–H and O–H groups in total. The van der Waals surface area contributed by atoms with Gasteiger partial charge in [-0.3, -0.25) is 4.98 Å². The van der Waals surface area contributed by atoms with Gasteiger partial charge in [0.1, 0.15) is 0 Å². The molecule has 96 valence electrons. The number of anilines is 1. The van der Waals surface area contributed by atoms with E-state index in [1.165, 1.54) is 0 Å². The van der Waals surface area contributed by atoms with Crippen molar-refractivity contribution in [1.29, 1.82) is 0 Å². The zero-order valence-corrected chi connectivity index (χ0v) is 12.1. The van der Waals surface area contributed by atoms with E-state index in [9.17, 15) is 0 Å². The SMILES string of the molecule is CCCC(CN)Nc1cccc2cc(Br)cnc12. The smallest absolute Gasteiger partial charge is 0.0934 e. The van der Waals surface area contributed by atoms with Crippen molar-refractivity contribution in [3.8, 4) is 0 Å². The Balaban J connectivity index is 2.32. The molecule has 2 rings (SSSR count). The van der Waals surface area contributed by atoms with Gasteiger partial charge in [0.15, 0.2) is 0 Å². The maximum atomic E-state index is 5.78. The molecule has 0 saturated heterocycles. The van der Waals surface area contributed by atoms with Crippen LogP contribution in [0.15, 0.2) is 34.9 Å². The van der Waals surface area contributed by atoms with Gasteiger partial charge in [0.25, 0.3) is 0 Å². The second-order valence-corrected chi connectivity index (χ2v) is 5.31. The third kappa shape index (κ3) is 3.00. The van der Waals surface area contributed by atoms with Crippen LogP contribution in [0.3, 0.4) is 0 Å². The number of hydrogen-bond donors (Lipinski definition) is 2. The molecule has 18 heavy (non-hydrogen) atoms. The van der Waals surface area contributed by atoms with Gasteiger partial charge in [0.2, 0.25) is 0 Å². The summed E-state index contributed by atoms with van der Waals surface area (Å²) >= 11 is 3.44. The number of halogens is 1. The average Bonchev–Trinajstić information content (AvgIpc) is 2.38. The molecule has 2 aromatic rings. The maximum Gasteiger partial charge on any atom is 0.0934 e. The molecule has 1 atom stereocenters. The minimum absolute atomic E-state index is 0.311. The van der Waals surface area contributed by atoms with Crippen molar-refractivity contribution in [2.75, 3.05) is 11.9 Å². The molecule has 1 heterocycles. The molecule has 3 nitrogen and oxygen atoms in total. The van der Waals surface area contributed by atoms with Crippen LogP contribution in [0, 0.1) is 0 Å². The zero-order chi connectivity index (χ0) is 13.0. The van der Waals surface area contributed by atoms with Crippen molar-refractivity contribution in [1.82, 2.24) is 4.98 Å². The lowest BCUT2D eigenvalue weighted by molar-refractivity contribution is 0.649. The molecule has 0 bridgehead atoms. The number of para-hydroxylation sites is 1. The molecule has 0 spiro atoms. The van der Waals surface area contributed by atoms with E-state index in [0.29, 0.717) is 12.6 Å². The van der Waals surface area contributed by atoms with E-state index in [2.05, 4.69) is 51.4 Å². The van der Waals surface area contributed by atoms with Crippen LogP contribution in [0.25, 0.3) is 10.9 Å². The summed E-state index contributed by atoms with van der Waals surface area (Å²) in [6.07, 6.45) is 4.02. The molecule has 0 amide bonds. The molecule has 0 aliphatic rings. The minimum Gasteiger partial charge on any atom is -0.379 e. The van der Waals surface area contributed by atoms with Gasteiger partial charge in [0, 0.05) is 28.6 Å². The topological polar surface area (TPSA) is 50.9 Å². The number of rotatable bonds is 5. The highest BCUT2D eigenvalue weighted by Crippen LogP contribution is 2.24. The van der Waals surface area contributed by atoms with E-state index in [4.69, 9.17) is 5.73 Å². The lowest BCUT2D eigenvalue weighted by atomic mass is 10.1. The summed E-state index contributed by atoms with van der Waals surface area (Å²) in [5, 5.41) is 4.62. The Morgan fingerprint density at radius 2 is 2.28 bits per heavy atom. The third-order valence-corrected chi connectivity index (χ3v) is 3.39. The van der Waals surface area contributed by atoms with Gasteiger partial charge in [0.05, 0.1) is 11.2 Å². The lowest BCUT2D eigenvalue weighted by Gasteiger charge is -2.18. The summed E-state index contributed by atoms with van der Waals surface area (Å²) in [6, 6.07) is 8.55. The first-order chi connectivity index (χ1) is 8.74. The van der Waals surface area contributed by atoms with Crippen molar-refractivity contribution in [3.05, 3.63) is 34.9 Å². The quantitative estimate of drug-likeness (QED) is 0.888. The van der Waals surface area contributed by atoms with Gasteiger partial charge < -0.3 is 11.1 Å². The maximum absolute atomic E-state index is 5.78. The van der Waals surface area contributed by atoms with Crippen LogP contribution in [0.1, 0.15) is 19.8 Å². The Bertz CT molecular complexity index is 527. The van der Waals surface area contributed by atoms with Crippen molar-refractivity contribution in [2.45, 2.75) is 25.8 Å². The number of nitrogens with zero attached hydrogens (tertiary/aromatic N) is 1. The van der Waals surface area contributed by atoms with Gasteiger partial charge >= 0.3 is 0 Å². The minimum atomic E-state index is 0.311. The van der Waals surface area contributed by atoms with Crippen LogP contribution in [-0.4, -0.2) is 17.6 Å². The summed E-state index contributed by atoms with van der Waals surface area (Å²) in [5.74, 6) is 0. The molecular formula is C14H18BrN3. The summed E-state index contributed by atoms with van der Waals surface area (Å²) in [4.78, 5) is 4.48. The second kappa shape index (κ2) is 6.16. The fourth-order valence-corrected chi connectivity index (χ4v) is 2.42.